The zero-order chi connectivity index (χ0) is 14.3. The van der Waals surface area contributed by atoms with Crippen molar-refractivity contribution in [1.82, 2.24) is 5.32 Å². The number of rotatable bonds is 7. The SMILES string of the molecule is COC(=O)C[C@H](NC(=O)C(N)CC(=O)O)C(=O)O. The molecule has 1 unspecified atom stereocenters. The van der Waals surface area contributed by atoms with Crippen LogP contribution in [-0.4, -0.2) is 53.2 Å². The van der Waals surface area contributed by atoms with Crippen molar-refractivity contribution in [1.29, 1.82) is 0 Å². The largest absolute Gasteiger partial charge is 0.481 e. The summed E-state index contributed by atoms with van der Waals surface area (Å²) in [7, 11) is 1.07. The number of carbonyl (C=O) groups excluding carboxylic acids is 2. The van der Waals surface area contributed by atoms with E-state index in [9.17, 15) is 19.2 Å². The molecule has 102 valence electrons. The summed E-state index contributed by atoms with van der Waals surface area (Å²) in [5.74, 6) is -4.53. The van der Waals surface area contributed by atoms with Crippen molar-refractivity contribution < 1.29 is 34.1 Å². The summed E-state index contributed by atoms with van der Waals surface area (Å²) < 4.78 is 4.26. The molecule has 0 rings (SSSR count). The number of hydrogen-bond acceptors (Lipinski definition) is 6. The Bertz CT molecular complexity index is 355. The maximum Gasteiger partial charge on any atom is 0.326 e. The van der Waals surface area contributed by atoms with Gasteiger partial charge in [-0.15, -0.1) is 0 Å². The van der Waals surface area contributed by atoms with Crippen molar-refractivity contribution in [2.75, 3.05) is 7.11 Å². The van der Waals surface area contributed by atoms with Crippen molar-refractivity contribution in [3.63, 3.8) is 0 Å². The number of ether oxygens (including phenoxy) is 1. The fourth-order valence-corrected chi connectivity index (χ4v) is 1.01. The zero-order valence-electron chi connectivity index (χ0n) is 9.58. The molecule has 0 aromatic rings. The molecule has 18 heavy (non-hydrogen) atoms. The maximum absolute atomic E-state index is 11.3. The van der Waals surface area contributed by atoms with Gasteiger partial charge in [0.25, 0.3) is 0 Å². The zero-order valence-corrected chi connectivity index (χ0v) is 9.58. The molecule has 0 aromatic heterocycles. The van der Waals surface area contributed by atoms with E-state index in [0.29, 0.717) is 0 Å². The highest BCUT2D eigenvalue weighted by atomic mass is 16.5. The van der Waals surface area contributed by atoms with Crippen LogP contribution in [0.5, 0.6) is 0 Å². The lowest BCUT2D eigenvalue weighted by atomic mass is 10.1. The molecule has 2 atom stereocenters. The number of nitrogens with two attached hydrogens (primary N) is 1. The topological polar surface area (TPSA) is 156 Å². The summed E-state index contributed by atoms with van der Waals surface area (Å²) >= 11 is 0. The number of methoxy groups -OCH3 is 1. The molecule has 1 amide bonds. The van der Waals surface area contributed by atoms with Crippen LogP contribution >= 0.6 is 0 Å². The third-order valence-electron chi connectivity index (χ3n) is 1.94. The Hall–Kier alpha value is -2.16. The van der Waals surface area contributed by atoms with Crippen LogP contribution in [0, 0.1) is 0 Å². The van der Waals surface area contributed by atoms with Gasteiger partial charge in [-0.3, -0.25) is 14.4 Å². The van der Waals surface area contributed by atoms with Gasteiger partial charge in [-0.1, -0.05) is 0 Å². The van der Waals surface area contributed by atoms with Crippen molar-refractivity contribution in [3.05, 3.63) is 0 Å². The quantitative estimate of drug-likeness (QED) is 0.381. The smallest absolute Gasteiger partial charge is 0.326 e. The van der Waals surface area contributed by atoms with Crippen LogP contribution in [0.2, 0.25) is 0 Å². The highest BCUT2D eigenvalue weighted by Gasteiger charge is 2.26. The Morgan fingerprint density at radius 1 is 1.22 bits per heavy atom. The van der Waals surface area contributed by atoms with Crippen LogP contribution in [0.15, 0.2) is 0 Å². The van der Waals surface area contributed by atoms with Crippen molar-refractivity contribution in [2.24, 2.45) is 5.73 Å². The number of carboxylic acids is 2. The van der Waals surface area contributed by atoms with Crippen LogP contribution in [0.25, 0.3) is 0 Å². The first-order valence-electron chi connectivity index (χ1n) is 4.85. The van der Waals surface area contributed by atoms with Crippen LogP contribution in [0.3, 0.4) is 0 Å². The summed E-state index contributed by atoms with van der Waals surface area (Å²) in [4.78, 5) is 43.3. The third kappa shape index (κ3) is 5.80. The van der Waals surface area contributed by atoms with Crippen LogP contribution in [0.4, 0.5) is 0 Å². The van der Waals surface area contributed by atoms with E-state index in [1.165, 1.54) is 0 Å². The summed E-state index contributed by atoms with van der Waals surface area (Å²) in [6.07, 6.45) is -1.21. The number of amides is 1. The van der Waals surface area contributed by atoms with Gasteiger partial charge in [0.15, 0.2) is 0 Å². The van der Waals surface area contributed by atoms with E-state index in [2.05, 4.69) is 4.74 Å². The number of hydrogen-bond donors (Lipinski definition) is 4. The van der Waals surface area contributed by atoms with Gasteiger partial charge in [0.05, 0.1) is 26.0 Å². The van der Waals surface area contributed by atoms with E-state index in [-0.39, 0.29) is 0 Å². The molecule has 0 aromatic carbocycles. The minimum absolute atomic E-state index is 0.572. The second-order valence-corrected chi connectivity index (χ2v) is 3.38. The summed E-state index contributed by atoms with van der Waals surface area (Å²) in [5.41, 5.74) is 5.23. The molecule has 0 aliphatic heterocycles. The molecule has 0 spiro atoms. The summed E-state index contributed by atoms with van der Waals surface area (Å²) in [5, 5.41) is 19.1. The van der Waals surface area contributed by atoms with Gasteiger partial charge in [-0.25, -0.2) is 4.79 Å². The maximum atomic E-state index is 11.3. The van der Waals surface area contributed by atoms with E-state index in [0.717, 1.165) is 7.11 Å². The van der Waals surface area contributed by atoms with E-state index in [4.69, 9.17) is 15.9 Å². The van der Waals surface area contributed by atoms with Crippen LogP contribution in [-0.2, 0) is 23.9 Å². The Balaban J connectivity index is 4.49. The molecule has 0 bridgehead atoms. The predicted molar refractivity (Wildman–Crippen MR) is 56.4 cm³/mol. The second-order valence-electron chi connectivity index (χ2n) is 3.38. The monoisotopic (exact) mass is 262 g/mol. The highest BCUT2D eigenvalue weighted by molar-refractivity contribution is 5.91. The van der Waals surface area contributed by atoms with Crippen LogP contribution < -0.4 is 11.1 Å². The average molecular weight is 262 g/mol. The first-order chi connectivity index (χ1) is 8.27. The second kappa shape index (κ2) is 7.22. The molecule has 0 radical (unpaired) electrons. The normalized spacial score (nSPS) is 13.2. The minimum atomic E-state index is -1.51. The molecule has 0 heterocycles. The average Bonchev–Trinajstić information content (AvgIpc) is 2.26. The minimum Gasteiger partial charge on any atom is -0.481 e. The number of nitrogens with one attached hydrogen (secondary N) is 1. The Morgan fingerprint density at radius 2 is 1.78 bits per heavy atom. The van der Waals surface area contributed by atoms with E-state index in [1.54, 1.807) is 0 Å². The standard InChI is InChI=1S/C9H14N2O7/c1-18-7(14)3-5(9(16)17)11-8(15)4(10)2-6(12)13/h4-5H,2-3,10H2,1H3,(H,11,15)(H,12,13)(H,16,17)/t4?,5-/m0/s1. The van der Waals surface area contributed by atoms with Gasteiger partial charge in [0, 0.05) is 0 Å². The molecule has 0 aliphatic rings. The summed E-state index contributed by atoms with van der Waals surface area (Å²) in [6.45, 7) is 0. The highest BCUT2D eigenvalue weighted by Crippen LogP contribution is 1.97. The van der Waals surface area contributed by atoms with E-state index < -0.39 is 48.7 Å². The van der Waals surface area contributed by atoms with E-state index >= 15 is 0 Å². The van der Waals surface area contributed by atoms with Gasteiger partial charge >= 0.3 is 17.9 Å². The molecule has 5 N–H and O–H groups in total. The molecule has 0 saturated heterocycles. The lowest BCUT2D eigenvalue weighted by Gasteiger charge is -2.15. The number of esters is 1. The third-order valence-corrected chi connectivity index (χ3v) is 1.94. The van der Waals surface area contributed by atoms with Crippen LogP contribution in [0.1, 0.15) is 12.8 Å². The Kier molecular flexibility index (Phi) is 6.35. The fourth-order valence-electron chi connectivity index (χ4n) is 1.01. The molecule has 9 nitrogen and oxygen atoms in total. The fraction of sp³-hybridized carbons (Fsp3) is 0.556. The molecule has 0 aliphatic carbocycles. The van der Waals surface area contributed by atoms with Crippen molar-refractivity contribution in [3.8, 4) is 0 Å². The molecular formula is C9H14N2O7. The molecule has 0 saturated carbocycles. The molecule has 0 fully saturated rings. The molecular weight excluding hydrogens is 248 g/mol. The Labute approximate surface area is 102 Å². The van der Waals surface area contributed by atoms with Crippen molar-refractivity contribution >= 4 is 23.8 Å². The first kappa shape index (κ1) is 15.8. The molecule has 9 heteroatoms. The van der Waals surface area contributed by atoms with Gasteiger partial charge in [0.2, 0.25) is 5.91 Å². The van der Waals surface area contributed by atoms with E-state index in [1.807, 2.05) is 5.32 Å². The van der Waals surface area contributed by atoms with Gasteiger partial charge < -0.3 is 26.0 Å². The van der Waals surface area contributed by atoms with Gasteiger partial charge in [-0.2, -0.15) is 0 Å². The Morgan fingerprint density at radius 3 is 2.17 bits per heavy atom. The lowest BCUT2D eigenvalue weighted by molar-refractivity contribution is -0.149. The lowest BCUT2D eigenvalue weighted by Crippen LogP contribution is -2.49. The predicted octanol–water partition coefficient (Wildman–Crippen LogP) is -2.08. The van der Waals surface area contributed by atoms with Gasteiger partial charge in [-0.05, 0) is 0 Å². The van der Waals surface area contributed by atoms with Crippen molar-refractivity contribution in [2.45, 2.75) is 24.9 Å². The first-order valence-corrected chi connectivity index (χ1v) is 4.85. The van der Waals surface area contributed by atoms with Gasteiger partial charge in [0.1, 0.15) is 6.04 Å². The number of carbonyl (C=O) groups is 4. The number of carboxylic acid groups (broad SMARTS) is 2. The number of aliphatic carboxylic acids is 2. The summed E-state index contributed by atoms with van der Waals surface area (Å²) in [6, 6.07) is -2.90.